The van der Waals surface area contributed by atoms with E-state index in [4.69, 9.17) is 9.05 Å². The van der Waals surface area contributed by atoms with E-state index in [1.165, 1.54) is 295 Å². The molecule has 0 fully saturated rings. The van der Waals surface area contributed by atoms with Gasteiger partial charge in [0.05, 0.1) is 39.9 Å². The van der Waals surface area contributed by atoms with E-state index in [1.54, 1.807) is 6.08 Å². The summed E-state index contributed by atoms with van der Waals surface area (Å²) in [4.78, 5) is 23.4. The molecular formula is C67H134N2O6P+. The van der Waals surface area contributed by atoms with Crippen molar-refractivity contribution >= 4 is 13.7 Å². The molecule has 0 heterocycles. The van der Waals surface area contributed by atoms with Gasteiger partial charge in [-0.25, -0.2) is 4.57 Å². The first-order chi connectivity index (χ1) is 37.0. The van der Waals surface area contributed by atoms with Crippen LogP contribution in [0.25, 0.3) is 0 Å². The molecule has 0 saturated carbocycles. The molecule has 0 aliphatic rings. The molecule has 3 atom stereocenters. The van der Waals surface area contributed by atoms with Gasteiger partial charge in [-0.2, -0.15) is 0 Å². The molecule has 0 saturated heterocycles. The van der Waals surface area contributed by atoms with Gasteiger partial charge in [0.15, 0.2) is 0 Å². The van der Waals surface area contributed by atoms with Crippen molar-refractivity contribution in [3.8, 4) is 0 Å². The highest BCUT2D eigenvalue weighted by Gasteiger charge is 2.28. The van der Waals surface area contributed by atoms with Gasteiger partial charge in [0, 0.05) is 6.42 Å². The van der Waals surface area contributed by atoms with Gasteiger partial charge in [-0.1, -0.05) is 321 Å². The maximum absolute atomic E-state index is 13.0. The lowest BCUT2D eigenvalue weighted by molar-refractivity contribution is -0.870. The molecule has 0 aromatic rings. The number of quaternary nitrogens is 1. The van der Waals surface area contributed by atoms with Gasteiger partial charge in [0.2, 0.25) is 5.91 Å². The maximum atomic E-state index is 13.0. The van der Waals surface area contributed by atoms with Crippen molar-refractivity contribution in [3.05, 3.63) is 24.3 Å². The second kappa shape index (κ2) is 58.6. The van der Waals surface area contributed by atoms with Crippen LogP contribution in [0.5, 0.6) is 0 Å². The van der Waals surface area contributed by atoms with E-state index in [2.05, 4.69) is 31.3 Å². The Kier molecular flexibility index (Phi) is 57.8. The Morgan fingerprint density at radius 2 is 0.711 bits per heavy atom. The zero-order valence-electron chi connectivity index (χ0n) is 51.8. The number of phosphoric acid groups is 1. The maximum Gasteiger partial charge on any atom is 0.472 e. The second-order valence-electron chi connectivity index (χ2n) is 24.6. The quantitative estimate of drug-likeness (QED) is 0.0243. The van der Waals surface area contributed by atoms with E-state index in [0.29, 0.717) is 17.4 Å². The van der Waals surface area contributed by atoms with Gasteiger partial charge in [0.25, 0.3) is 0 Å². The molecule has 0 aliphatic carbocycles. The summed E-state index contributed by atoms with van der Waals surface area (Å²) in [5, 5.41) is 14.0. The van der Waals surface area contributed by atoms with E-state index in [1.807, 2.05) is 27.2 Å². The van der Waals surface area contributed by atoms with Crippen molar-refractivity contribution in [3.63, 3.8) is 0 Å². The third-order valence-electron chi connectivity index (χ3n) is 15.7. The summed E-state index contributed by atoms with van der Waals surface area (Å²) < 4.78 is 23.8. The number of amides is 1. The summed E-state index contributed by atoms with van der Waals surface area (Å²) in [6, 6.07) is -0.844. The Morgan fingerprint density at radius 1 is 0.434 bits per heavy atom. The number of nitrogens with one attached hydrogen (secondary N) is 1. The number of aliphatic hydroxyl groups excluding tert-OH is 1. The molecular weight excluding hydrogens is 960 g/mol. The van der Waals surface area contributed by atoms with E-state index >= 15 is 0 Å². The molecule has 76 heavy (non-hydrogen) atoms. The largest absolute Gasteiger partial charge is 0.472 e. The SMILES string of the molecule is CCCCCCCCCC/C=C\CCCCCCCCCCCCCCCCCCCCCCCC(=O)NC(COP(=O)(O)OCC[N+](C)(C)C)C(O)/C=C/CCCCCCCCCCCCCCCCCCCCC. The third-order valence-corrected chi connectivity index (χ3v) is 16.6. The van der Waals surface area contributed by atoms with Gasteiger partial charge < -0.3 is 19.8 Å². The first-order valence-electron chi connectivity index (χ1n) is 33.7. The molecule has 0 bridgehead atoms. The van der Waals surface area contributed by atoms with Crippen LogP contribution in [0.2, 0.25) is 0 Å². The molecule has 3 unspecified atom stereocenters. The van der Waals surface area contributed by atoms with Crippen LogP contribution in [-0.2, 0) is 18.4 Å². The highest BCUT2D eigenvalue weighted by molar-refractivity contribution is 7.47. The number of nitrogens with zero attached hydrogens (tertiary/aromatic N) is 1. The number of aliphatic hydroxyl groups is 1. The molecule has 1 amide bonds. The van der Waals surface area contributed by atoms with E-state index in [0.717, 1.165) is 32.1 Å². The summed E-state index contributed by atoms with van der Waals surface area (Å²) in [7, 11) is 1.59. The fraction of sp³-hybridized carbons (Fsp3) is 0.925. The predicted molar refractivity (Wildman–Crippen MR) is 332 cm³/mol. The topological polar surface area (TPSA) is 105 Å². The molecule has 3 N–H and O–H groups in total. The Morgan fingerprint density at radius 3 is 1.01 bits per heavy atom. The van der Waals surface area contributed by atoms with E-state index in [9.17, 15) is 19.4 Å². The van der Waals surface area contributed by atoms with E-state index < -0.39 is 20.0 Å². The van der Waals surface area contributed by atoms with Crippen LogP contribution in [0.15, 0.2) is 24.3 Å². The van der Waals surface area contributed by atoms with Crippen LogP contribution in [0.4, 0.5) is 0 Å². The molecule has 0 aromatic carbocycles. The fourth-order valence-corrected chi connectivity index (χ4v) is 11.1. The fourth-order valence-electron chi connectivity index (χ4n) is 10.4. The Balaban J connectivity index is 4.01. The van der Waals surface area contributed by atoms with Crippen LogP contribution in [0.1, 0.15) is 348 Å². The number of phosphoric ester groups is 1. The summed E-state index contributed by atoms with van der Waals surface area (Å²) in [6.45, 7) is 4.87. The lowest BCUT2D eigenvalue weighted by atomic mass is 10.0. The first-order valence-corrected chi connectivity index (χ1v) is 35.2. The first kappa shape index (κ1) is 75.0. The number of allylic oxidation sites excluding steroid dienone is 3. The minimum atomic E-state index is -4.35. The van der Waals surface area contributed by atoms with Crippen LogP contribution in [0, 0.1) is 0 Å². The number of rotatable bonds is 63. The summed E-state index contributed by atoms with van der Waals surface area (Å²) >= 11 is 0. The molecule has 0 radical (unpaired) electrons. The Labute approximate surface area is 474 Å². The van der Waals surface area contributed by atoms with Crippen LogP contribution in [-0.4, -0.2) is 73.4 Å². The normalized spacial score (nSPS) is 13.8. The van der Waals surface area contributed by atoms with Crippen molar-refractivity contribution in [1.29, 1.82) is 0 Å². The van der Waals surface area contributed by atoms with Gasteiger partial charge in [-0.3, -0.25) is 13.8 Å². The Bertz CT molecular complexity index is 1290. The Hall–Kier alpha value is -1.02. The third kappa shape index (κ3) is 60.6. The molecule has 0 spiro atoms. The number of hydrogen-bond donors (Lipinski definition) is 3. The summed E-state index contributed by atoms with van der Waals surface area (Å²) in [5.74, 6) is -0.169. The average molecular weight is 1090 g/mol. The lowest BCUT2D eigenvalue weighted by Gasteiger charge is -2.25. The number of unbranched alkanes of at least 4 members (excludes halogenated alkanes) is 48. The number of carbonyl (C=O) groups is 1. The van der Waals surface area contributed by atoms with Gasteiger partial charge in [-0.15, -0.1) is 0 Å². The van der Waals surface area contributed by atoms with Crippen molar-refractivity contribution in [2.24, 2.45) is 0 Å². The predicted octanol–water partition coefficient (Wildman–Crippen LogP) is 21.1. The van der Waals surface area contributed by atoms with Gasteiger partial charge in [-0.05, 0) is 44.9 Å². The highest BCUT2D eigenvalue weighted by Crippen LogP contribution is 2.43. The molecule has 0 aliphatic heterocycles. The zero-order chi connectivity index (χ0) is 55.6. The van der Waals surface area contributed by atoms with E-state index in [-0.39, 0.29) is 19.1 Å². The summed E-state index contributed by atoms with van der Waals surface area (Å²) in [5.41, 5.74) is 0. The standard InChI is InChI=1S/C67H133N2O6P/c1-6-8-10-12-14-16-18-20-22-24-26-28-29-30-31-32-33-34-35-36-37-38-39-41-43-45-47-49-51-53-55-57-59-61-67(71)68-65(64-75-76(72,73)74-63-62-69(3,4)5)66(70)60-58-56-54-52-50-48-46-44-42-40-27-25-23-21-19-17-15-13-11-9-7-2/h24,26,58,60,65-66,70H,6-23,25,27-57,59,61-64H2,1-5H3,(H-,68,71,72,73)/p+1/b26-24-,60-58+. The summed E-state index contributed by atoms with van der Waals surface area (Å²) in [6.07, 6.45) is 76.0. The number of carbonyl (C=O) groups excluding carboxylic acids is 1. The van der Waals surface area contributed by atoms with Crippen molar-refractivity contribution in [2.45, 2.75) is 360 Å². The number of likely N-dealkylation sites (N-methyl/N-ethyl adjacent to an activating group) is 1. The average Bonchev–Trinajstić information content (AvgIpc) is 3.38. The van der Waals surface area contributed by atoms with Crippen molar-refractivity contribution < 1.29 is 32.9 Å². The highest BCUT2D eigenvalue weighted by atomic mass is 31.2. The second-order valence-corrected chi connectivity index (χ2v) is 26.0. The minimum Gasteiger partial charge on any atom is -0.387 e. The molecule has 0 aromatic heterocycles. The van der Waals surface area contributed by atoms with Crippen LogP contribution in [0.3, 0.4) is 0 Å². The van der Waals surface area contributed by atoms with Crippen LogP contribution < -0.4 is 5.32 Å². The molecule has 9 heteroatoms. The molecule has 8 nitrogen and oxygen atoms in total. The smallest absolute Gasteiger partial charge is 0.387 e. The van der Waals surface area contributed by atoms with Crippen molar-refractivity contribution in [1.82, 2.24) is 5.32 Å². The van der Waals surface area contributed by atoms with Crippen LogP contribution >= 0.6 is 7.82 Å². The monoisotopic (exact) mass is 1090 g/mol. The zero-order valence-corrected chi connectivity index (χ0v) is 52.7. The number of hydrogen-bond acceptors (Lipinski definition) is 5. The minimum absolute atomic E-state index is 0.0645. The van der Waals surface area contributed by atoms with Gasteiger partial charge in [0.1, 0.15) is 13.2 Å². The lowest BCUT2D eigenvalue weighted by Crippen LogP contribution is -2.45. The molecule has 0 rings (SSSR count). The molecule has 452 valence electrons. The van der Waals surface area contributed by atoms with Gasteiger partial charge >= 0.3 is 7.82 Å². The van der Waals surface area contributed by atoms with Crippen molar-refractivity contribution in [2.75, 3.05) is 40.9 Å².